The van der Waals surface area contributed by atoms with Gasteiger partial charge in [0.1, 0.15) is 5.82 Å². The van der Waals surface area contributed by atoms with Crippen LogP contribution in [-0.4, -0.2) is 23.2 Å². The Bertz CT molecular complexity index is 541. The van der Waals surface area contributed by atoms with Gasteiger partial charge in [0.25, 0.3) is 5.91 Å². The summed E-state index contributed by atoms with van der Waals surface area (Å²) in [5.41, 5.74) is 0.156. The number of rotatable bonds is 4. The van der Waals surface area contributed by atoms with Gasteiger partial charge in [-0.15, -0.1) is 0 Å². The Morgan fingerprint density at radius 2 is 2.15 bits per heavy atom. The van der Waals surface area contributed by atoms with Crippen LogP contribution in [0, 0.1) is 17.7 Å². The fourth-order valence-corrected chi connectivity index (χ4v) is 1.46. The molecule has 0 saturated carbocycles. The third-order valence-corrected chi connectivity index (χ3v) is 3.02. The summed E-state index contributed by atoms with van der Waals surface area (Å²) in [6.07, 6.45) is 1.10. The lowest BCUT2D eigenvalue weighted by Crippen LogP contribution is -2.43. The van der Waals surface area contributed by atoms with Crippen molar-refractivity contribution >= 4 is 5.91 Å². The van der Waals surface area contributed by atoms with Crippen molar-refractivity contribution in [2.45, 2.75) is 39.2 Å². The zero-order valence-electron chi connectivity index (χ0n) is 12.1. The Hall–Kier alpha value is -1.86. The summed E-state index contributed by atoms with van der Waals surface area (Å²) >= 11 is 0. The Morgan fingerprint density at radius 1 is 1.45 bits per heavy atom. The van der Waals surface area contributed by atoms with Crippen molar-refractivity contribution in [3.05, 3.63) is 35.1 Å². The fraction of sp³-hybridized carbons (Fsp3) is 0.438. The maximum absolute atomic E-state index is 13.7. The largest absolute Gasteiger partial charge is 0.395 e. The number of halogens is 1. The molecule has 0 atom stereocenters. The minimum Gasteiger partial charge on any atom is -0.395 e. The van der Waals surface area contributed by atoms with Crippen molar-refractivity contribution < 1.29 is 14.3 Å². The number of aliphatic hydroxyl groups is 1. The monoisotopic (exact) mass is 277 g/mol. The number of amides is 1. The van der Waals surface area contributed by atoms with Gasteiger partial charge >= 0.3 is 0 Å². The fourth-order valence-electron chi connectivity index (χ4n) is 1.46. The van der Waals surface area contributed by atoms with Crippen LogP contribution >= 0.6 is 0 Å². The van der Waals surface area contributed by atoms with E-state index in [-0.39, 0.29) is 17.7 Å². The number of nitrogens with one attached hydrogen (secondary N) is 1. The van der Waals surface area contributed by atoms with Crippen molar-refractivity contribution in [2.75, 3.05) is 6.61 Å². The molecule has 0 spiro atoms. The zero-order chi connectivity index (χ0) is 15.2. The molecule has 1 amide bonds. The summed E-state index contributed by atoms with van der Waals surface area (Å²) in [6.45, 7) is 5.70. The van der Waals surface area contributed by atoms with Crippen molar-refractivity contribution in [3.63, 3.8) is 0 Å². The molecule has 0 aliphatic rings. The van der Waals surface area contributed by atoms with Crippen LogP contribution in [0.3, 0.4) is 0 Å². The topological polar surface area (TPSA) is 49.3 Å². The van der Waals surface area contributed by atoms with Crippen molar-refractivity contribution in [1.82, 2.24) is 5.32 Å². The van der Waals surface area contributed by atoms with E-state index in [1.165, 1.54) is 18.2 Å². The molecule has 0 aliphatic carbocycles. The Kier molecular flexibility index (Phi) is 5.72. The van der Waals surface area contributed by atoms with E-state index in [0.717, 1.165) is 6.42 Å². The first-order valence-electron chi connectivity index (χ1n) is 6.61. The molecule has 1 aromatic rings. The highest BCUT2D eigenvalue weighted by atomic mass is 19.1. The highest BCUT2D eigenvalue weighted by molar-refractivity contribution is 5.95. The van der Waals surface area contributed by atoms with E-state index in [2.05, 4.69) is 17.2 Å². The van der Waals surface area contributed by atoms with Gasteiger partial charge < -0.3 is 10.4 Å². The number of benzene rings is 1. The molecule has 0 bridgehead atoms. The Balaban J connectivity index is 2.97. The van der Waals surface area contributed by atoms with Crippen molar-refractivity contribution in [1.29, 1.82) is 0 Å². The van der Waals surface area contributed by atoms with E-state index in [1.54, 1.807) is 0 Å². The maximum Gasteiger partial charge on any atom is 0.254 e. The van der Waals surface area contributed by atoms with Gasteiger partial charge in [0, 0.05) is 17.5 Å². The number of carbonyl (C=O) groups is 1. The Labute approximate surface area is 119 Å². The lowest BCUT2D eigenvalue weighted by molar-refractivity contribution is 0.0907. The smallest absolute Gasteiger partial charge is 0.254 e. The standard InChI is InChI=1S/C16H20FNO2/c1-4-16(2,3)18-15(20)13-11-12(7-5-6-10-19)8-9-14(13)17/h8-9,11,19H,4,6,10H2,1-3H3,(H,18,20). The summed E-state index contributed by atoms with van der Waals surface area (Å²) in [4.78, 5) is 12.1. The van der Waals surface area contributed by atoms with E-state index in [1.807, 2.05) is 20.8 Å². The van der Waals surface area contributed by atoms with E-state index < -0.39 is 11.7 Å². The molecular weight excluding hydrogens is 257 g/mol. The SMILES string of the molecule is CCC(C)(C)NC(=O)c1cc(C#CCCO)ccc1F. The van der Waals surface area contributed by atoms with Crippen LogP contribution in [0.2, 0.25) is 0 Å². The summed E-state index contributed by atoms with van der Waals surface area (Å²) in [5.74, 6) is 4.52. The van der Waals surface area contributed by atoms with E-state index in [0.29, 0.717) is 12.0 Å². The quantitative estimate of drug-likeness (QED) is 0.831. The van der Waals surface area contributed by atoms with Gasteiger partial charge in [-0.05, 0) is 38.5 Å². The second-order valence-corrected chi connectivity index (χ2v) is 5.16. The zero-order valence-corrected chi connectivity index (χ0v) is 12.1. The number of hydrogen-bond donors (Lipinski definition) is 2. The molecule has 0 aliphatic heterocycles. The lowest BCUT2D eigenvalue weighted by atomic mass is 10.0. The summed E-state index contributed by atoms with van der Waals surface area (Å²) in [5, 5.41) is 11.4. The van der Waals surface area contributed by atoms with Crippen molar-refractivity contribution in [2.24, 2.45) is 0 Å². The molecule has 108 valence electrons. The molecule has 0 saturated heterocycles. The van der Waals surface area contributed by atoms with Gasteiger partial charge in [0.05, 0.1) is 12.2 Å². The molecule has 0 unspecified atom stereocenters. The molecule has 1 rings (SSSR count). The number of carbonyl (C=O) groups excluding carboxylic acids is 1. The Morgan fingerprint density at radius 3 is 2.75 bits per heavy atom. The molecule has 1 aromatic carbocycles. The molecular formula is C16H20FNO2. The first kappa shape index (κ1) is 16.2. The second-order valence-electron chi connectivity index (χ2n) is 5.16. The van der Waals surface area contributed by atoms with Crippen LogP contribution in [0.25, 0.3) is 0 Å². The first-order valence-corrected chi connectivity index (χ1v) is 6.61. The summed E-state index contributed by atoms with van der Waals surface area (Å²) in [7, 11) is 0. The number of aliphatic hydroxyl groups excluding tert-OH is 1. The predicted octanol–water partition coefficient (Wildman–Crippen LogP) is 2.48. The van der Waals surface area contributed by atoms with Crippen LogP contribution in [0.15, 0.2) is 18.2 Å². The molecule has 0 radical (unpaired) electrons. The lowest BCUT2D eigenvalue weighted by Gasteiger charge is -2.24. The van der Waals surface area contributed by atoms with Crippen LogP contribution < -0.4 is 5.32 Å². The predicted molar refractivity (Wildman–Crippen MR) is 76.8 cm³/mol. The molecule has 0 heterocycles. The average molecular weight is 277 g/mol. The van der Waals surface area contributed by atoms with Crippen LogP contribution in [0.1, 0.15) is 49.5 Å². The van der Waals surface area contributed by atoms with Crippen LogP contribution in [-0.2, 0) is 0 Å². The number of hydrogen-bond acceptors (Lipinski definition) is 2. The molecule has 0 fully saturated rings. The van der Waals surface area contributed by atoms with Gasteiger partial charge in [-0.1, -0.05) is 18.8 Å². The second kappa shape index (κ2) is 7.06. The van der Waals surface area contributed by atoms with Crippen LogP contribution in [0.5, 0.6) is 0 Å². The minimum absolute atomic E-state index is 0.0117. The average Bonchev–Trinajstić information content (AvgIpc) is 2.40. The summed E-state index contributed by atoms with van der Waals surface area (Å²) < 4.78 is 13.7. The third-order valence-electron chi connectivity index (χ3n) is 3.02. The molecule has 3 nitrogen and oxygen atoms in total. The third kappa shape index (κ3) is 4.67. The van der Waals surface area contributed by atoms with E-state index >= 15 is 0 Å². The highest BCUT2D eigenvalue weighted by Gasteiger charge is 2.21. The maximum atomic E-state index is 13.7. The van der Waals surface area contributed by atoms with E-state index in [9.17, 15) is 9.18 Å². The van der Waals surface area contributed by atoms with Crippen molar-refractivity contribution in [3.8, 4) is 11.8 Å². The van der Waals surface area contributed by atoms with Gasteiger partial charge in [-0.2, -0.15) is 0 Å². The molecule has 0 aromatic heterocycles. The minimum atomic E-state index is -0.567. The first-order chi connectivity index (χ1) is 9.39. The molecule has 2 N–H and O–H groups in total. The molecule has 20 heavy (non-hydrogen) atoms. The molecule has 4 heteroatoms. The normalized spacial score (nSPS) is 10.7. The van der Waals surface area contributed by atoms with Gasteiger partial charge in [-0.25, -0.2) is 4.39 Å². The van der Waals surface area contributed by atoms with Gasteiger partial charge in [0.2, 0.25) is 0 Å². The highest BCUT2D eigenvalue weighted by Crippen LogP contribution is 2.13. The van der Waals surface area contributed by atoms with Crippen LogP contribution in [0.4, 0.5) is 4.39 Å². The van der Waals surface area contributed by atoms with Gasteiger partial charge in [-0.3, -0.25) is 4.79 Å². The summed E-state index contributed by atoms with van der Waals surface area (Å²) in [6, 6.07) is 4.18. The van der Waals surface area contributed by atoms with E-state index in [4.69, 9.17) is 5.11 Å². The van der Waals surface area contributed by atoms with Gasteiger partial charge in [0.15, 0.2) is 0 Å².